The lowest BCUT2D eigenvalue weighted by Gasteiger charge is -2.33. The number of nitrogens with one attached hydrogen (secondary N) is 1. The number of benzene rings is 4. The van der Waals surface area contributed by atoms with E-state index < -0.39 is 10.0 Å². The molecular formula is C32H31NO3S. The van der Waals surface area contributed by atoms with Crippen molar-refractivity contribution in [3.63, 3.8) is 0 Å². The molecule has 37 heavy (non-hydrogen) atoms. The lowest BCUT2D eigenvalue weighted by molar-refractivity contribution is 0.475. The molecule has 0 aromatic heterocycles. The van der Waals surface area contributed by atoms with Crippen LogP contribution in [0.4, 0.5) is 0 Å². The molecule has 1 atom stereocenters. The fourth-order valence-corrected chi connectivity index (χ4v) is 5.72. The monoisotopic (exact) mass is 509 g/mol. The molecule has 0 spiro atoms. The molecular weight excluding hydrogens is 478 g/mol. The lowest BCUT2D eigenvalue weighted by atomic mass is 9.80. The molecule has 0 saturated carbocycles. The van der Waals surface area contributed by atoms with Crippen molar-refractivity contribution < 1.29 is 13.2 Å². The van der Waals surface area contributed by atoms with Gasteiger partial charge in [-0.2, -0.15) is 0 Å². The average molecular weight is 510 g/mol. The summed E-state index contributed by atoms with van der Waals surface area (Å²) in [5.74, 6) is 0.850. The van der Waals surface area contributed by atoms with Crippen molar-refractivity contribution in [2.45, 2.75) is 43.9 Å². The van der Waals surface area contributed by atoms with E-state index in [1.165, 1.54) is 0 Å². The van der Waals surface area contributed by atoms with Crippen LogP contribution < -0.4 is 9.46 Å². The van der Waals surface area contributed by atoms with Crippen LogP contribution in [0.15, 0.2) is 114 Å². The average Bonchev–Trinajstić information content (AvgIpc) is 2.88. The molecule has 1 aliphatic rings. The van der Waals surface area contributed by atoms with Gasteiger partial charge in [0.2, 0.25) is 0 Å². The summed E-state index contributed by atoms with van der Waals surface area (Å²) < 4.78 is 36.9. The second-order valence-electron chi connectivity index (χ2n) is 10.5. The molecule has 0 fully saturated rings. The first-order chi connectivity index (χ1) is 17.6. The van der Waals surface area contributed by atoms with Crippen molar-refractivity contribution in [3.8, 4) is 5.75 Å². The van der Waals surface area contributed by atoms with Crippen LogP contribution in [0.3, 0.4) is 0 Å². The van der Waals surface area contributed by atoms with Gasteiger partial charge in [0.1, 0.15) is 5.75 Å². The molecule has 4 nitrogen and oxygen atoms in total. The van der Waals surface area contributed by atoms with Crippen molar-refractivity contribution in [1.29, 1.82) is 0 Å². The second-order valence-corrected chi connectivity index (χ2v) is 12.2. The summed E-state index contributed by atoms with van der Waals surface area (Å²) in [7, 11) is -3.89. The van der Waals surface area contributed by atoms with Crippen LogP contribution >= 0.6 is 0 Å². The number of ether oxygens (including phenoxy) is 1. The molecule has 4 aromatic rings. The fourth-order valence-electron chi connectivity index (χ4n) is 4.61. The molecule has 0 radical (unpaired) electrons. The maximum absolute atomic E-state index is 13.7. The molecule has 5 heteroatoms. The summed E-state index contributed by atoms with van der Waals surface area (Å²) in [6.45, 7) is 8.44. The normalized spacial score (nSPS) is 15.6. The Kier molecular flexibility index (Phi) is 6.42. The zero-order valence-electron chi connectivity index (χ0n) is 21.5. The number of hydrogen-bond acceptors (Lipinski definition) is 3. The van der Waals surface area contributed by atoms with Crippen LogP contribution in [0.5, 0.6) is 5.75 Å². The van der Waals surface area contributed by atoms with Gasteiger partial charge in [0.05, 0.1) is 16.5 Å². The molecule has 188 valence electrons. The van der Waals surface area contributed by atoms with Gasteiger partial charge in [-0.1, -0.05) is 111 Å². The van der Waals surface area contributed by atoms with E-state index in [1.807, 2.05) is 73.7 Å². The van der Waals surface area contributed by atoms with Crippen LogP contribution in [0, 0.1) is 6.92 Å². The van der Waals surface area contributed by atoms with Crippen molar-refractivity contribution in [2.75, 3.05) is 0 Å². The van der Waals surface area contributed by atoms with Crippen LogP contribution in [0.1, 0.15) is 54.5 Å². The Morgan fingerprint density at radius 3 is 2.03 bits per heavy atom. The second kappa shape index (κ2) is 9.56. The van der Waals surface area contributed by atoms with Crippen LogP contribution in [0.2, 0.25) is 0 Å². The van der Waals surface area contributed by atoms with Crippen molar-refractivity contribution in [2.24, 2.45) is 0 Å². The quantitative estimate of drug-likeness (QED) is 0.310. The highest BCUT2D eigenvalue weighted by atomic mass is 32.2. The summed E-state index contributed by atoms with van der Waals surface area (Å²) in [4.78, 5) is 0.207. The zero-order valence-corrected chi connectivity index (χ0v) is 22.3. The summed E-state index contributed by atoms with van der Waals surface area (Å²) in [6, 6.07) is 32.8. The number of rotatable bonds is 5. The highest BCUT2D eigenvalue weighted by Crippen LogP contribution is 2.46. The minimum Gasteiger partial charge on any atom is -0.455 e. The van der Waals surface area contributed by atoms with Gasteiger partial charge in [-0.15, -0.1) is 0 Å². The Labute approximate surface area is 219 Å². The predicted molar refractivity (Wildman–Crippen MR) is 149 cm³/mol. The molecule has 0 aliphatic carbocycles. The molecule has 1 unspecified atom stereocenters. The molecule has 0 saturated heterocycles. The van der Waals surface area contributed by atoms with Gasteiger partial charge in [0, 0.05) is 11.1 Å². The number of allylic oxidation sites excluding steroid dienone is 1. The molecule has 5 rings (SSSR count). The van der Waals surface area contributed by atoms with Crippen molar-refractivity contribution in [1.82, 2.24) is 4.72 Å². The SMILES string of the molecule is Cc1ccc(S(=O)(=O)NC2=C(c3ccccc3)Oc3ccc(C(C)(C)C)cc3C2c2ccccc2)cc1. The minimum atomic E-state index is -3.89. The summed E-state index contributed by atoms with van der Waals surface area (Å²) in [6.07, 6.45) is 0. The van der Waals surface area contributed by atoms with Crippen LogP contribution in [-0.2, 0) is 15.4 Å². The Morgan fingerprint density at radius 1 is 0.784 bits per heavy atom. The van der Waals surface area contributed by atoms with E-state index in [0.29, 0.717) is 11.5 Å². The molecule has 4 aromatic carbocycles. The Balaban J connectivity index is 1.76. The standard InChI is InChI=1S/C32H31NO3S/c1-22-15-18-26(19-16-22)37(34,35)33-30-29(23-11-7-5-8-12-23)27-21-25(32(2,3)4)17-20-28(27)36-31(30)24-13-9-6-10-14-24/h5-21,29,33H,1-4H3. The molecule has 0 amide bonds. The Hall–Kier alpha value is -3.83. The zero-order chi connectivity index (χ0) is 26.2. The number of aryl methyl sites for hydroxylation is 1. The maximum Gasteiger partial charge on any atom is 0.261 e. The van der Waals surface area contributed by atoms with Gasteiger partial charge in [0.25, 0.3) is 10.0 Å². The Bertz CT molecular complexity index is 1550. The van der Waals surface area contributed by atoms with E-state index in [2.05, 4.69) is 37.6 Å². The Morgan fingerprint density at radius 2 is 1.41 bits per heavy atom. The minimum absolute atomic E-state index is 0.0821. The largest absolute Gasteiger partial charge is 0.455 e. The van der Waals surface area contributed by atoms with E-state index in [0.717, 1.165) is 33.6 Å². The number of sulfonamides is 1. The summed E-state index contributed by atoms with van der Waals surface area (Å²) >= 11 is 0. The van der Waals surface area contributed by atoms with Crippen LogP contribution in [-0.4, -0.2) is 8.42 Å². The van der Waals surface area contributed by atoms with Gasteiger partial charge < -0.3 is 4.74 Å². The maximum atomic E-state index is 13.7. The van der Waals surface area contributed by atoms with Crippen molar-refractivity contribution in [3.05, 3.63) is 137 Å². The topological polar surface area (TPSA) is 55.4 Å². The lowest BCUT2D eigenvalue weighted by Crippen LogP contribution is -2.31. The third-order valence-corrected chi connectivity index (χ3v) is 8.06. The predicted octanol–water partition coefficient (Wildman–Crippen LogP) is 7.16. The van der Waals surface area contributed by atoms with Crippen molar-refractivity contribution >= 4 is 15.8 Å². The third kappa shape index (κ3) is 5.05. The van der Waals surface area contributed by atoms with E-state index in [-0.39, 0.29) is 16.2 Å². The first kappa shape index (κ1) is 24.8. The molecule has 1 N–H and O–H groups in total. The first-order valence-electron chi connectivity index (χ1n) is 12.4. The highest BCUT2D eigenvalue weighted by molar-refractivity contribution is 7.89. The molecule has 1 aliphatic heterocycles. The fraction of sp³-hybridized carbons (Fsp3) is 0.188. The summed E-state index contributed by atoms with van der Waals surface area (Å²) in [5.41, 5.74) is 5.27. The van der Waals surface area contributed by atoms with E-state index >= 15 is 0 Å². The molecule has 0 bridgehead atoms. The third-order valence-electron chi connectivity index (χ3n) is 6.68. The van der Waals surface area contributed by atoms with Gasteiger partial charge in [-0.3, -0.25) is 4.72 Å². The van der Waals surface area contributed by atoms with E-state index in [1.54, 1.807) is 24.3 Å². The molecule has 1 heterocycles. The van der Waals surface area contributed by atoms with Gasteiger partial charge in [0.15, 0.2) is 5.76 Å². The van der Waals surface area contributed by atoms with Crippen LogP contribution in [0.25, 0.3) is 5.76 Å². The van der Waals surface area contributed by atoms with Gasteiger partial charge in [-0.05, 0) is 41.7 Å². The van der Waals surface area contributed by atoms with Gasteiger partial charge in [-0.25, -0.2) is 8.42 Å². The first-order valence-corrected chi connectivity index (χ1v) is 13.9. The van der Waals surface area contributed by atoms with E-state index in [9.17, 15) is 8.42 Å². The highest BCUT2D eigenvalue weighted by Gasteiger charge is 2.35. The van der Waals surface area contributed by atoms with Gasteiger partial charge >= 0.3 is 0 Å². The number of fused-ring (bicyclic) bond motifs is 1. The smallest absolute Gasteiger partial charge is 0.261 e. The number of hydrogen-bond donors (Lipinski definition) is 1. The van der Waals surface area contributed by atoms with E-state index in [4.69, 9.17) is 4.74 Å². The summed E-state index contributed by atoms with van der Waals surface area (Å²) in [5, 5.41) is 0.